The van der Waals surface area contributed by atoms with E-state index in [0.29, 0.717) is 24.0 Å². The molecule has 2 aliphatic carbocycles. The molecule has 3 aliphatic rings. The zero-order chi connectivity index (χ0) is 30.4. The van der Waals surface area contributed by atoms with E-state index >= 15 is 0 Å². The van der Waals surface area contributed by atoms with E-state index in [-0.39, 0.29) is 5.92 Å². The molecule has 5 rings (SSSR count). The monoisotopic (exact) mass is 578 g/mol. The minimum Gasteiger partial charge on any atom is -0.462 e. The zero-order valence-electron chi connectivity index (χ0n) is 24.8. The molecule has 0 aromatic heterocycles. The van der Waals surface area contributed by atoms with Gasteiger partial charge in [-0.25, -0.2) is 9.59 Å². The van der Waals surface area contributed by atoms with Gasteiger partial charge in [-0.2, -0.15) is 0 Å². The summed E-state index contributed by atoms with van der Waals surface area (Å²) in [5, 5.41) is 0. The highest BCUT2D eigenvalue weighted by molar-refractivity contribution is 5.90. The Hall–Kier alpha value is -3.72. The minimum absolute atomic E-state index is 0.219. The molecular formula is C33H38O9. The molecule has 0 N–H and O–H groups in total. The van der Waals surface area contributed by atoms with Crippen LogP contribution in [0.1, 0.15) is 75.1 Å². The number of rotatable bonds is 6. The molecule has 224 valence electrons. The largest absolute Gasteiger partial charge is 0.462 e. The summed E-state index contributed by atoms with van der Waals surface area (Å²) in [7, 11) is 0. The molecule has 9 nitrogen and oxygen atoms in total. The average molecular weight is 579 g/mol. The lowest BCUT2D eigenvalue weighted by Gasteiger charge is -2.62. The number of hydrogen-bond acceptors (Lipinski definition) is 9. The summed E-state index contributed by atoms with van der Waals surface area (Å²) < 4.78 is 31.6. The Labute approximate surface area is 245 Å². The number of benzene rings is 2. The molecule has 1 heterocycles. The molecule has 0 amide bonds. The fourth-order valence-corrected chi connectivity index (χ4v) is 7.77. The molecule has 0 radical (unpaired) electrons. The molecule has 1 aliphatic heterocycles. The quantitative estimate of drug-likeness (QED) is 0.348. The van der Waals surface area contributed by atoms with Gasteiger partial charge in [0.15, 0.2) is 6.10 Å². The van der Waals surface area contributed by atoms with E-state index < -0.39 is 70.8 Å². The van der Waals surface area contributed by atoms with E-state index in [4.69, 9.17) is 23.7 Å². The standard InChI is InChI=1S/C33H38O9/c1-19-17-18-24(38-20(2)34)32(6)28(41-30(37)23-15-11-8-12-16-23)26(39-21(3)35)25-27(33(19,32)42-31(25,4)5)40-29(36)22-13-9-7-10-14-22/h7-16,19,24-28H,17-18H2,1-6H3/t19-,24+,25-,26+,27-,28+,32+,33-/m1/s1. The third-order valence-corrected chi connectivity index (χ3v) is 9.43. The summed E-state index contributed by atoms with van der Waals surface area (Å²) >= 11 is 0. The van der Waals surface area contributed by atoms with Crippen molar-refractivity contribution < 1.29 is 42.9 Å². The summed E-state index contributed by atoms with van der Waals surface area (Å²) in [6, 6.07) is 17.1. The van der Waals surface area contributed by atoms with E-state index in [1.54, 1.807) is 60.7 Å². The normalized spacial score (nSPS) is 34.4. The molecule has 2 aromatic carbocycles. The van der Waals surface area contributed by atoms with Gasteiger partial charge in [0.1, 0.15) is 23.9 Å². The Balaban J connectivity index is 1.71. The average Bonchev–Trinajstić information content (AvgIpc) is 3.15. The SMILES string of the molecule is CC(=O)O[C@H]1[C@@H]2[C@@H](OC(=O)c3ccccc3)[C@]3(OC2(C)C)[C@H](C)CC[C@H](OC(C)=O)[C@@]3(C)[C@H]1OC(=O)c1ccccc1. The maximum atomic E-state index is 13.6. The van der Waals surface area contributed by atoms with Crippen molar-refractivity contribution >= 4 is 23.9 Å². The third kappa shape index (κ3) is 4.68. The second kappa shape index (κ2) is 10.8. The smallest absolute Gasteiger partial charge is 0.338 e. The van der Waals surface area contributed by atoms with Crippen LogP contribution in [0.4, 0.5) is 0 Å². The van der Waals surface area contributed by atoms with Crippen LogP contribution in [0.2, 0.25) is 0 Å². The molecule has 3 fully saturated rings. The molecule has 1 saturated heterocycles. The Morgan fingerprint density at radius 1 is 0.714 bits per heavy atom. The van der Waals surface area contributed by atoms with Crippen molar-refractivity contribution in [3.63, 3.8) is 0 Å². The number of hydrogen-bond donors (Lipinski definition) is 0. The number of fused-ring (bicyclic) bond motifs is 1. The topological polar surface area (TPSA) is 114 Å². The predicted molar refractivity (Wildman–Crippen MR) is 150 cm³/mol. The number of ether oxygens (including phenoxy) is 5. The molecule has 8 atom stereocenters. The van der Waals surface area contributed by atoms with Crippen LogP contribution in [0.5, 0.6) is 0 Å². The van der Waals surface area contributed by atoms with Gasteiger partial charge < -0.3 is 23.7 Å². The first-order valence-electron chi connectivity index (χ1n) is 14.4. The Kier molecular flexibility index (Phi) is 7.68. The first kappa shape index (κ1) is 29.8. The second-order valence-corrected chi connectivity index (χ2v) is 12.3. The number of carbonyl (C=O) groups excluding carboxylic acids is 4. The first-order valence-corrected chi connectivity index (χ1v) is 14.4. The summed E-state index contributed by atoms with van der Waals surface area (Å²) in [5.74, 6) is -3.22. The van der Waals surface area contributed by atoms with E-state index in [2.05, 4.69) is 0 Å². The second-order valence-electron chi connectivity index (χ2n) is 12.3. The highest BCUT2D eigenvalue weighted by Gasteiger charge is 2.82. The van der Waals surface area contributed by atoms with Gasteiger partial charge in [0.05, 0.1) is 28.1 Å². The maximum absolute atomic E-state index is 13.6. The highest BCUT2D eigenvalue weighted by atomic mass is 16.6. The van der Waals surface area contributed by atoms with Crippen LogP contribution in [-0.4, -0.2) is 59.5 Å². The van der Waals surface area contributed by atoms with Gasteiger partial charge in [0.2, 0.25) is 0 Å². The van der Waals surface area contributed by atoms with Gasteiger partial charge in [0.25, 0.3) is 0 Å². The van der Waals surface area contributed by atoms with Crippen molar-refractivity contribution in [1.29, 1.82) is 0 Å². The van der Waals surface area contributed by atoms with Crippen LogP contribution in [0.3, 0.4) is 0 Å². The maximum Gasteiger partial charge on any atom is 0.338 e. The van der Waals surface area contributed by atoms with E-state index in [9.17, 15) is 19.2 Å². The van der Waals surface area contributed by atoms with Crippen molar-refractivity contribution in [3.05, 3.63) is 71.8 Å². The Bertz CT molecular complexity index is 1360. The van der Waals surface area contributed by atoms with Crippen molar-refractivity contribution in [2.75, 3.05) is 0 Å². The van der Waals surface area contributed by atoms with Gasteiger partial charge in [0, 0.05) is 13.8 Å². The fourth-order valence-electron chi connectivity index (χ4n) is 7.77. The molecular weight excluding hydrogens is 540 g/mol. The van der Waals surface area contributed by atoms with E-state index in [1.807, 2.05) is 27.7 Å². The van der Waals surface area contributed by atoms with Crippen LogP contribution in [0.15, 0.2) is 60.7 Å². The molecule has 2 saturated carbocycles. The lowest BCUT2D eigenvalue weighted by molar-refractivity contribution is -0.296. The molecule has 2 bridgehead atoms. The summed E-state index contributed by atoms with van der Waals surface area (Å²) in [6.07, 6.45) is -2.87. The van der Waals surface area contributed by atoms with E-state index in [1.165, 1.54) is 13.8 Å². The van der Waals surface area contributed by atoms with Crippen LogP contribution in [-0.2, 0) is 33.3 Å². The first-order chi connectivity index (χ1) is 19.8. The van der Waals surface area contributed by atoms with Gasteiger partial charge in [-0.05, 0) is 63.8 Å². The van der Waals surface area contributed by atoms with Crippen molar-refractivity contribution in [2.24, 2.45) is 17.3 Å². The zero-order valence-corrected chi connectivity index (χ0v) is 24.8. The third-order valence-electron chi connectivity index (χ3n) is 9.43. The minimum atomic E-state index is -1.28. The van der Waals surface area contributed by atoms with Crippen LogP contribution < -0.4 is 0 Å². The van der Waals surface area contributed by atoms with Crippen LogP contribution in [0.25, 0.3) is 0 Å². The van der Waals surface area contributed by atoms with Crippen LogP contribution >= 0.6 is 0 Å². The summed E-state index contributed by atoms with van der Waals surface area (Å²) in [6.45, 7) is 10.1. The number of esters is 4. The van der Waals surface area contributed by atoms with Crippen molar-refractivity contribution in [3.8, 4) is 0 Å². The predicted octanol–water partition coefficient (Wildman–Crippen LogP) is 4.91. The van der Waals surface area contributed by atoms with Crippen LogP contribution in [0, 0.1) is 17.3 Å². The molecule has 2 aromatic rings. The van der Waals surface area contributed by atoms with E-state index in [0.717, 1.165) is 0 Å². The lowest BCUT2D eigenvalue weighted by Crippen LogP contribution is -2.76. The van der Waals surface area contributed by atoms with Gasteiger partial charge in [-0.3, -0.25) is 9.59 Å². The molecule has 1 spiro atoms. The highest BCUT2D eigenvalue weighted by Crippen LogP contribution is 2.68. The van der Waals surface area contributed by atoms with Crippen molar-refractivity contribution in [1.82, 2.24) is 0 Å². The van der Waals surface area contributed by atoms with Crippen molar-refractivity contribution in [2.45, 2.75) is 90.0 Å². The molecule has 9 heteroatoms. The molecule has 42 heavy (non-hydrogen) atoms. The van der Waals surface area contributed by atoms with Gasteiger partial charge in [-0.15, -0.1) is 0 Å². The lowest BCUT2D eigenvalue weighted by atomic mass is 9.48. The number of carbonyl (C=O) groups is 4. The summed E-state index contributed by atoms with van der Waals surface area (Å²) in [5.41, 5.74) is -2.87. The Morgan fingerprint density at radius 3 is 1.71 bits per heavy atom. The fraction of sp³-hybridized carbons (Fsp3) is 0.515. The summed E-state index contributed by atoms with van der Waals surface area (Å²) in [4.78, 5) is 52.3. The molecule has 0 unspecified atom stereocenters. The van der Waals surface area contributed by atoms with Gasteiger partial charge in [-0.1, -0.05) is 43.3 Å². The Morgan fingerprint density at radius 2 is 1.21 bits per heavy atom. The van der Waals surface area contributed by atoms with Gasteiger partial charge >= 0.3 is 23.9 Å².